The predicted molar refractivity (Wildman–Crippen MR) is 150 cm³/mol. The third-order valence-corrected chi connectivity index (χ3v) is 6.01. The molecule has 0 unspecified atom stereocenters. The molecular formula is C27H30Cl2N4O5. The number of hydrogen-bond acceptors (Lipinski definition) is 7. The number of anilines is 2. The number of aromatic nitrogens is 3. The van der Waals surface area contributed by atoms with E-state index in [1.54, 1.807) is 30.3 Å². The summed E-state index contributed by atoms with van der Waals surface area (Å²) >= 11 is 6.55. The molecule has 2 aromatic carbocycles. The zero-order valence-corrected chi connectivity index (χ0v) is 22.8. The van der Waals surface area contributed by atoms with Crippen molar-refractivity contribution in [3.05, 3.63) is 71.1 Å². The second-order valence-corrected chi connectivity index (χ2v) is 9.84. The van der Waals surface area contributed by atoms with Gasteiger partial charge in [0.1, 0.15) is 23.3 Å². The third kappa shape index (κ3) is 6.73. The van der Waals surface area contributed by atoms with Crippen molar-refractivity contribution in [3.63, 3.8) is 0 Å². The van der Waals surface area contributed by atoms with Crippen molar-refractivity contribution in [2.24, 2.45) is 0 Å². The van der Waals surface area contributed by atoms with Gasteiger partial charge in [-0.1, -0.05) is 32.4 Å². The summed E-state index contributed by atoms with van der Waals surface area (Å²) in [5, 5.41) is 22.1. The minimum Gasteiger partial charge on any atom is -0.478 e. The zero-order chi connectivity index (χ0) is 26.6. The molecule has 0 amide bonds. The molecule has 0 bridgehead atoms. The van der Waals surface area contributed by atoms with Crippen LogP contribution in [-0.2, 0) is 16.7 Å². The fourth-order valence-corrected chi connectivity index (χ4v) is 4.18. The Balaban J connectivity index is 0.00000400. The molecule has 11 heteroatoms. The highest BCUT2D eigenvalue weighted by Gasteiger charge is 2.22. The van der Waals surface area contributed by atoms with Crippen LogP contribution in [0.2, 0.25) is 5.02 Å². The van der Waals surface area contributed by atoms with Crippen LogP contribution in [0.25, 0.3) is 11.0 Å². The number of benzene rings is 2. The lowest BCUT2D eigenvalue weighted by atomic mass is 9.83. The van der Waals surface area contributed by atoms with Crippen molar-refractivity contribution >= 4 is 52.5 Å². The number of carboxylic acid groups (broad SMARTS) is 1. The number of nitrogens with zero attached hydrogens (tertiary/aromatic N) is 3. The molecule has 4 rings (SSSR count). The lowest BCUT2D eigenvalue weighted by Crippen LogP contribution is -2.16. The molecule has 38 heavy (non-hydrogen) atoms. The lowest BCUT2D eigenvalue weighted by molar-refractivity contribution is 0.0694. The Bertz CT molecular complexity index is 1420. The molecule has 3 N–H and O–H groups in total. The molecule has 4 aromatic rings. The van der Waals surface area contributed by atoms with E-state index >= 15 is 0 Å². The molecule has 202 valence electrons. The summed E-state index contributed by atoms with van der Waals surface area (Å²) in [6.07, 6.45) is 3.40. The molecule has 2 aromatic heterocycles. The van der Waals surface area contributed by atoms with Crippen LogP contribution in [0.5, 0.6) is 11.5 Å². The topological polar surface area (TPSA) is 119 Å². The number of carboxylic acids is 1. The van der Waals surface area contributed by atoms with E-state index in [0.717, 1.165) is 11.0 Å². The number of aliphatic hydroxyl groups is 1. The van der Waals surface area contributed by atoms with Gasteiger partial charge in [-0.3, -0.25) is 0 Å². The number of fused-ring (bicyclic) bond motifs is 1. The van der Waals surface area contributed by atoms with Gasteiger partial charge in [-0.15, -0.1) is 12.4 Å². The number of carbonyl (C=O) groups is 1. The van der Waals surface area contributed by atoms with Gasteiger partial charge in [0.15, 0.2) is 5.82 Å². The number of aliphatic hydroxyl groups excluding tert-OH is 1. The van der Waals surface area contributed by atoms with Crippen LogP contribution in [0.4, 0.5) is 11.5 Å². The van der Waals surface area contributed by atoms with E-state index in [0.29, 0.717) is 46.7 Å². The molecule has 0 saturated carbocycles. The zero-order valence-electron chi connectivity index (χ0n) is 21.3. The monoisotopic (exact) mass is 560 g/mol. The standard InChI is InChI=1S/C27H29ClN4O5.ClH/c1-27(2,3)20-15-18(5-6-19(20)26(34)35)37-23-7-4-17(14-21(23)28)31-25-24-22(29-16-30-25)8-9-32(24)10-12-36-13-11-33;/h4-9,14-16,33H,10-13H2,1-3H3,(H,34,35)(H,29,30,31);1H. The van der Waals surface area contributed by atoms with E-state index in [2.05, 4.69) is 15.3 Å². The van der Waals surface area contributed by atoms with E-state index < -0.39 is 5.97 Å². The van der Waals surface area contributed by atoms with Gasteiger partial charge in [0.25, 0.3) is 0 Å². The fraction of sp³-hybridized carbons (Fsp3) is 0.296. The summed E-state index contributed by atoms with van der Waals surface area (Å²) in [5.41, 5.74) is 2.84. The van der Waals surface area contributed by atoms with Gasteiger partial charge in [0.2, 0.25) is 0 Å². The van der Waals surface area contributed by atoms with Crippen molar-refractivity contribution in [2.45, 2.75) is 32.7 Å². The predicted octanol–water partition coefficient (Wildman–Crippen LogP) is 6.05. The average Bonchev–Trinajstić information content (AvgIpc) is 3.27. The highest BCUT2D eigenvalue weighted by atomic mass is 35.5. The molecule has 0 radical (unpaired) electrons. The van der Waals surface area contributed by atoms with Gasteiger partial charge in [0, 0.05) is 18.4 Å². The van der Waals surface area contributed by atoms with E-state index in [4.69, 9.17) is 26.2 Å². The van der Waals surface area contributed by atoms with Crippen molar-refractivity contribution in [1.29, 1.82) is 0 Å². The normalized spacial score (nSPS) is 11.3. The van der Waals surface area contributed by atoms with Crippen LogP contribution >= 0.6 is 24.0 Å². The Morgan fingerprint density at radius 1 is 1.11 bits per heavy atom. The van der Waals surface area contributed by atoms with Crippen molar-refractivity contribution in [3.8, 4) is 11.5 Å². The van der Waals surface area contributed by atoms with E-state index in [1.807, 2.05) is 43.7 Å². The Hall–Kier alpha value is -3.37. The maximum absolute atomic E-state index is 11.6. The molecule has 0 aliphatic carbocycles. The molecule has 0 aliphatic rings. The first kappa shape index (κ1) is 29.2. The number of rotatable bonds is 10. The van der Waals surface area contributed by atoms with Crippen molar-refractivity contribution in [2.75, 3.05) is 25.1 Å². The maximum atomic E-state index is 11.6. The molecule has 0 fully saturated rings. The minimum absolute atomic E-state index is 0. The van der Waals surface area contributed by atoms with Crippen LogP contribution in [0, 0.1) is 0 Å². The van der Waals surface area contributed by atoms with E-state index in [-0.39, 0.29) is 36.6 Å². The van der Waals surface area contributed by atoms with Gasteiger partial charge >= 0.3 is 5.97 Å². The highest BCUT2D eigenvalue weighted by Crippen LogP contribution is 2.36. The number of hydrogen-bond donors (Lipinski definition) is 3. The Morgan fingerprint density at radius 2 is 1.89 bits per heavy atom. The second kappa shape index (κ2) is 12.4. The van der Waals surface area contributed by atoms with E-state index in [1.165, 1.54) is 6.33 Å². The number of nitrogens with one attached hydrogen (secondary N) is 1. The smallest absolute Gasteiger partial charge is 0.335 e. The number of ether oxygens (including phenoxy) is 2. The van der Waals surface area contributed by atoms with Crippen LogP contribution in [-0.4, -0.2) is 50.5 Å². The molecule has 2 heterocycles. The minimum atomic E-state index is -0.979. The Kier molecular flexibility index (Phi) is 9.56. The number of halogens is 2. The van der Waals surface area contributed by atoms with E-state index in [9.17, 15) is 9.90 Å². The van der Waals surface area contributed by atoms with Gasteiger partial charge < -0.3 is 29.6 Å². The Labute approximate surface area is 231 Å². The summed E-state index contributed by atoms with van der Waals surface area (Å²) in [6.45, 7) is 7.15. The summed E-state index contributed by atoms with van der Waals surface area (Å²) in [6, 6.07) is 12.1. The molecular weight excluding hydrogens is 531 g/mol. The fourth-order valence-electron chi connectivity index (χ4n) is 3.96. The molecule has 0 atom stereocenters. The highest BCUT2D eigenvalue weighted by molar-refractivity contribution is 6.32. The van der Waals surface area contributed by atoms with Gasteiger partial charge in [-0.2, -0.15) is 0 Å². The summed E-state index contributed by atoms with van der Waals surface area (Å²) in [5.74, 6) is 0.567. The first-order valence-corrected chi connectivity index (χ1v) is 12.2. The second-order valence-electron chi connectivity index (χ2n) is 9.44. The van der Waals surface area contributed by atoms with Crippen LogP contribution in [0.1, 0.15) is 36.7 Å². The van der Waals surface area contributed by atoms with Gasteiger partial charge in [-0.25, -0.2) is 14.8 Å². The van der Waals surface area contributed by atoms with Crippen molar-refractivity contribution in [1.82, 2.24) is 14.5 Å². The first-order valence-electron chi connectivity index (χ1n) is 11.8. The van der Waals surface area contributed by atoms with Crippen molar-refractivity contribution < 1.29 is 24.5 Å². The number of aromatic carboxylic acids is 1. The molecule has 9 nitrogen and oxygen atoms in total. The van der Waals surface area contributed by atoms with Gasteiger partial charge in [0.05, 0.1) is 35.9 Å². The van der Waals surface area contributed by atoms with Crippen LogP contribution in [0.3, 0.4) is 0 Å². The Morgan fingerprint density at radius 3 is 2.58 bits per heavy atom. The van der Waals surface area contributed by atoms with Gasteiger partial charge in [-0.05, 0) is 53.4 Å². The lowest BCUT2D eigenvalue weighted by Gasteiger charge is -2.22. The largest absolute Gasteiger partial charge is 0.478 e. The van der Waals surface area contributed by atoms with Crippen LogP contribution < -0.4 is 10.1 Å². The average molecular weight is 561 g/mol. The summed E-state index contributed by atoms with van der Waals surface area (Å²) in [7, 11) is 0. The maximum Gasteiger partial charge on any atom is 0.335 e. The SMILES string of the molecule is CC(C)(C)c1cc(Oc2ccc(Nc3ncnc4ccn(CCOCCO)c34)cc2Cl)ccc1C(=O)O.Cl. The molecule has 0 aliphatic heterocycles. The first-order chi connectivity index (χ1) is 17.7. The summed E-state index contributed by atoms with van der Waals surface area (Å²) < 4.78 is 13.4. The third-order valence-electron chi connectivity index (χ3n) is 5.71. The summed E-state index contributed by atoms with van der Waals surface area (Å²) in [4.78, 5) is 20.4. The molecule has 0 spiro atoms. The van der Waals surface area contributed by atoms with Crippen LogP contribution in [0.15, 0.2) is 55.0 Å². The molecule has 0 saturated heterocycles. The quantitative estimate of drug-likeness (QED) is 0.200.